The number of rotatable bonds is 3. The highest BCUT2D eigenvalue weighted by Gasteiger charge is 2.26. The number of β-amino-alcohol motifs (C(OH)–C–C–N with tert-alkyl or cyclic N) is 1. The number of carbonyl (C=O) groups is 1. The molecule has 1 N–H and O–H groups in total. The molecule has 2 saturated heterocycles. The van der Waals surface area contributed by atoms with Crippen molar-refractivity contribution >= 4 is 17.5 Å². The van der Waals surface area contributed by atoms with Crippen LogP contribution in [0.25, 0.3) is 0 Å². The molecule has 22 heavy (non-hydrogen) atoms. The van der Waals surface area contributed by atoms with E-state index in [1.165, 1.54) is 6.20 Å². The smallest absolute Gasteiger partial charge is 0.255 e. The van der Waals surface area contributed by atoms with Crippen LogP contribution in [0, 0.1) is 0 Å². The maximum absolute atomic E-state index is 12.3. The van der Waals surface area contributed by atoms with Gasteiger partial charge < -0.3 is 19.5 Å². The second-order valence-electron chi connectivity index (χ2n) is 5.63. The summed E-state index contributed by atoms with van der Waals surface area (Å²) in [6, 6.07) is 1.58. The summed E-state index contributed by atoms with van der Waals surface area (Å²) in [4.78, 5) is 18.1. The third-order valence-electron chi connectivity index (χ3n) is 3.95. The normalized spacial score (nSPS) is 22.8. The van der Waals surface area contributed by atoms with E-state index in [0.717, 1.165) is 12.8 Å². The number of pyridine rings is 1. The molecule has 0 aromatic carbocycles. The molecule has 3 rings (SSSR count). The van der Waals surface area contributed by atoms with Crippen molar-refractivity contribution in [1.29, 1.82) is 0 Å². The number of carbonyl (C=O) groups excluding carboxylic acids is 1. The summed E-state index contributed by atoms with van der Waals surface area (Å²) in [5.41, 5.74) is 0.415. The van der Waals surface area contributed by atoms with Gasteiger partial charge in [-0.15, -0.1) is 0 Å². The number of ether oxygens (including phenoxy) is 2. The number of amides is 1. The van der Waals surface area contributed by atoms with Gasteiger partial charge in [-0.3, -0.25) is 4.79 Å². The summed E-state index contributed by atoms with van der Waals surface area (Å²) in [5.74, 6) is 0.190. The average Bonchev–Trinajstić information content (AvgIpc) is 2.96. The number of halogens is 1. The first kappa shape index (κ1) is 15.5. The fraction of sp³-hybridized carbons (Fsp3) is 0.600. The minimum Gasteiger partial charge on any atom is -0.473 e. The van der Waals surface area contributed by atoms with Crippen LogP contribution in [0.3, 0.4) is 0 Å². The van der Waals surface area contributed by atoms with Crippen LogP contribution in [0.5, 0.6) is 5.88 Å². The van der Waals surface area contributed by atoms with Gasteiger partial charge in [0.2, 0.25) is 5.88 Å². The zero-order valence-corrected chi connectivity index (χ0v) is 13.0. The lowest BCUT2D eigenvalue weighted by molar-refractivity contribution is 0.0238. The van der Waals surface area contributed by atoms with Crippen LogP contribution in [-0.4, -0.2) is 59.4 Å². The average molecular weight is 327 g/mol. The van der Waals surface area contributed by atoms with Crippen molar-refractivity contribution in [2.75, 3.05) is 26.3 Å². The molecule has 2 aliphatic heterocycles. The minimum absolute atomic E-state index is 0.0500. The van der Waals surface area contributed by atoms with Crippen molar-refractivity contribution in [3.63, 3.8) is 0 Å². The Morgan fingerprint density at radius 1 is 1.41 bits per heavy atom. The van der Waals surface area contributed by atoms with Crippen molar-refractivity contribution in [2.24, 2.45) is 0 Å². The van der Waals surface area contributed by atoms with E-state index in [1.54, 1.807) is 11.0 Å². The fourth-order valence-corrected chi connectivity index (χ4v) is 2.90. The zero-order chi connectivity index (χ0) is 15.5. The topological polar surface area (TPSA) is 71.9 Å². The Bertz CT molecular complexity index is 548. The molecule has 1 aromatic heterocycles. The zero-order valence-electron chi connectivity index (χ0n) is 12.2. The number of hydrogen-bond acceptors (Lipinski definition) is 5. The number of likely N-dealkylation sites (tertiary alicyclic amines) is 1. The molecular weight excluding hydrogens is 308 g/mol. The van der Waals surface area contributed by atoms with Crippen LogP contribution in [0.2, 0.25) is 5.02 Å². The third-order valence-corrected chi connectivity index (χ3v) is 4.22. The molecule has 1 amide bonds. The summed E-state index contributed by atoms with van der Waals surface area (Å²) in [6.07, 6.45) is 3.32. The lowest BCUT2D eigenvalue weighted by Crippen LogP contribution is -2.29. The molecule has 2 fully saturated rings. The number of aromatic nitrogens is 1. The standard InChI is InChI=1S/C15H19ClN2O4/c16-13-7-10(15(20)18-4-1-11(19)9-18)8-17-14(13)22-12-2-5-21-6-3-12/h7-8,11-12,19H,1-6,9H2. The Balaban J connectivity index is 1.67. The Morgan fingerprint density at radius 2 is 2.18 bits per heavy atom. The predicted octanol–water partition coefficient (Wildman–Crippen LogP) is 1.50. The van der Waals surface area contributed by atoms with Crippen LogP contribution in [-0.2, 0) is 4.74 Å². The Labute approximate surface area is 134 Å². The molecule has 0 bridgehead atoms. The molecule has 7 heteroatoms. The van der Waals surface area contributed by atoms with Gasteiger partial charge in [0, 0.05) is 32.1 Å². The highest BCUT2D eigenvalue weighted by Crippen LogP contribution is 2.26. The van der Waals surface area contributed by atoms with E-state index in [4.69, 9.17) is 21.1 Å². The first-order chi connectivity index (χ1) is 10.6. The van der Waals surface area contributed by atoms with Gasteiger partial charge in [0.1, 0.15) is 11.1 Å². The largest absolute Gasteiger partial charge is 0.473 e. The number of aliphatic hydroxyl groups excluding tert-OH is 1. The van der Waals surface area contributed by atoms with Gasteiger partial charge in [-0.1, -0.05) is 11.6 Å². The lowest BCUT2D eigenvalue weighted by Gasteiger charge is -2.23. The molecule has 0 saturated carbocycles. The third kappa shape index (κ3) is 3.51. The summed E-state index contributed by atoms with van der Waals surface area (Å²) >= 11 is 6.19. The second kappa shape index (κ2) is 6.81. The monoisotopic (exact) mass is 326 g/mol. The van der Waals surface area contributed by atoms with E-state index >= 15 is 0 Å². The molecular formula is C15H19ClN2O4. The van der Waals surface area contributed by atoms with Crippen LogP contribution >= 0.6 is 11.6 Å². The van der Waals surface area contributed by atoms with Crippen molar-refractivity contribution in [3.05, 3.63) is 22.8 Å². The van der Waals surface area contributed by atoms with Crippen molar-refractivity contribution < 1.29 is 19.4 Å². The molecule has 0 aliphatic carbocycles. The van der Waals surface area contributed by atoms with Gasteiger partial charge in [0.05, 0.1) is 24.9 Å². The summed E-state index contributed by atoms with van der Waals surface area (Å²) in [6.45, 7) is 2.26. The van der Waals surface area contributed by atoms with Gasteiger partial charge in [0.15, 0.2) is 0 Å². The van der Waals surface area contributed by atoms with Crippen LogP contribution in [0.1, 0.15) is 29.6 Å². The van der Waals surface area contributed by atoms with Crippen molar-refractivity contribution in [1.82, 2.24) is 9.88 Å². The van der Waals surface area contributed by atoms with E-state index in [9.17, 15) is 9.90 Å². The molecule has 120 valence electrons. The number of nitrogens with zero attached hydrogens (tertiary/aromatic N) is 2. The van der Waals surface area contributed by atoms with Gasteiger partial charge >= 0.3 is 0 Å². The van der Waals surface area contributed by atoms with Crippen LogP contribution in [0.4, 0.5) is 0 Å². The van der Waals surface area contributed by atoms with Crippen LogP contribution in [0.15, 0.2) is 12.3 Å². The van der Waals surface area contributed by atoms with E-state index in [-0.39, 0.29) is 12.0 Å². The molecule has 1 atom stereocenters. The van der Waals surface area contributed by atoms with E-state index in [2.05, 4.69) is 4.98 Å². The summed E-state index contributed by atoms with van der Waals surface area (Å²) in [5, 5.41) is 9.84. The lowest BCUT2D eigenvalue weighted by atomic mass is 10.1. The highest BCUT2D eigenvalue weighted by atomic mass is 35.5. The Morgan fingerprint density at radius 3 is 2.82 bits per heavy atom. The van der Waals surface area contributed by atoms with Gasteiger partial charge in [-0.05, 0) is 12.5 Å². The first-order valence-corrected chi connectivity index (χ1v) is 7.88. The van der Waals surface area contributed by atoms with E-state index < -0.39 is 6.10 Å². The maximum atomic E-state index is 12.3. The summed E-state index contributed by atoms with van der Waals surface area (Å²) in [7, 11) is 0. The van der Waals surface area contributed by atoms with E-state index in [1.807, 2.05) is 0 Å². The Kier molecular flexibility index (Phi) is 4.81. The van der Waals surface area contributed by atoms with E-state index in [0.29, 0.717) is 49.2 Å². The SMILES string of the molecule is O=C(c1cnc(OC2CCOCC2)c(Cl)c1)N1CCC(O)C1. The quantitative estimate of drug-likeness (QED) is 0.911. The van der Waals surface area contributed by atoms with Gasteiger partial charge in [-0.25, -0.2) is 4.98 Å². The molecule has 2 aliphatic rings. The molecule has 3 heterocycles. The maximum Gasteiger partial charge on any atom is 0.255 e. The minimum atomic E-state index is -0.441. The summed E-state index contributed by atoms with van der Waals surface area (Å²) < 4.78 is 11.1. The van der Waals surface area contributed by atoms with Gasteiger partial charge in [0.25, 0.3) is 5.91 Å². The predicted molar refractivity (Wildman–Crippen MR) is 80.2 cm³/mol. The first-order valence-electron chi connectivity index (χ1n) is 7.51. The second-order valence-corrected chi connectivity index (χ2v) is 6.04. The highest BCUT2D eigenvalue weighted by molar-refractivity contribution is 6.32. The van der Waals surface area contributed by atoms with Crippen molar-refractivity contribution in [3.8, 4) is 5.88 Å². The Hall–Kier alpha value is -1.37. The fourth-order valence-electron chi connectivity index (χ4n) is 2.69. The molecule has 6 nitrogen and oxygen atoms in total. The molecule has 0 radical (unpaired) electrons. The van der Waals surface area contributed by atoms with Crippen LogP contribution < -0.4 is 4.74 Å². The molecule has 1 unspecified atom stereocenters. The molecule has 0 spiro atoms. The number of hydrogen-bond donors (Lipinski definition) is 1. The molecule has 1 aromatic rings. The van der Waals surface area contributed by atoms with Gasteiger partial charge in [-0.2, -0.15) is 0 Å². The van der Waals surface area contributed by atoms with Crippen molar-refractivity contribution in [2.45, 2.75) is 31.5 Å². The number of aliphatic hydroxyl groups is 1.